The molecule has 1 aromatic heterocycles. The Morgan fingerprint density at radius 3 is 2.73 bits per heavy atom. The summed E-state index contributed by atoms with van der Waals surface area (Å²) in [7, 11) is 0. The highest BCUT2D eigenvalue weighted by Gasteiger charge is 2.11. The standard InChI is InChI=1S/C7H8O3S/c1-4-6(7(8)9)2-5(3-11)10-4/h2,11H,3H2,1H3,(H,8,9). The third-order valence-corrected chi connectivity index (χ3v) is 1.67. The van der Waals surface area contributed by atoms with Gasteiger partial charge in [-0.2, -0.15) is 12.6 Å². The molecule has 0 saturated heterocycles. The van der Waals surface area contributed by atoms with Gasteiger partial charge in [0.15, 0.2) is 0 Å². The number of carboxylic acids is 1. The Labute approximate surface area is 69.4 Å². The molecule has 0 aliphatic heterocycles. The van der Waals surface area contributed by atoms with Crippen molar-refractivity contribution in [2.45, 2.75) is 12.7 Å². The summed E-state index contributed by atoms with van der Waals surface area (Å²) >= 11 is 3.95. The van der Waals surface area contributed by atoms with Crippen LogP contribution in [-0.4, -0.2) is 11.1 Å². The van der Waals surface area contributed by atoms with Crippen molar-refractivity contribution in [3.8, 4) is 0 Å². The molecule has 0 radical (unpaired) electrons. The second-order valence-electron chi connectivity index (χ2n) is 2.15. The van der Waals surface area contributed by atoms with E-state index in [1.807, 2.05) is 0 Å². The molecule has 0 atom stereocenters. The van der Waals surface area contributed by atoms with Gasteiger partial charge in [-0.25, -0.2) is 4.79 Å². The van der Waals surface area contributed by atoms with Gasteiger partial charge in [0.2, 0.25) is 0 Å². The van der Waals surface area contributed by atoms with Gasteiger partial charge < -0.3 is 9.52 Å². The second-order valence-corrected chi connectivity index (χ2v) is 2.46. The van der Waals surface area contributed by atoms with Crippen molar-refractivity contribution in [2.24, 2.45) is 0 Å². The predicted octanol–water partition coefficient (Wildman–Crippen LogP) is 1.72. The summed E-state index contributed by atoms with van der Waals surface area (Å²) in [6.07, 6.45) is 0. The van der Waals surface area contributed by atoms with Gasteiger partial charge in [-0.15, -0.1) is 0 Å². The zero-order valence-electron chi connectivity index (χ0n) is 6.00. The summed E-state index contributed by atoms with van der Waals surface area (Å²) in [5, 5.41) is 8.59. The average Bonchev–Trinajstić information content (AvgIpc) is 2.30. The smallest absolute Gasteiger partial charge is 0.339 e. The van der Waals surface area contributed by atoms with Gasteiger partial charge in [0.05, 0.1) is 0 Å². The molecule has 1 rings (SSSR count). The highest BCUT2D eigenvalue weighted by atomic mass is 32.1. The minimum absolute atomic E-state index is 0.217. The Morgan fingerprint density at radius 1 is 1.82 bits per heavy atom. The number of furan rings is 1. The molecule has 0 fully saturated rings. The van der Waals surface area contributed by atoms with Crippen LogP contribution >= 0.6 is 12.6 Å². The Balaban J connectivity index is 3.07. The molecule has 1 heterocycles. The van der Waals surface area contributed by atoms with Crippen molar-refractivity contribution in [2.75, 3.05) is 0 Å². The monoisotopic (exact) mass is 172 g/mol. The summed E-state index contributed by atoms with van der Waals surface area (Å²) in [6, 6.07) is 1.49. The van der Waals surface area contributed by atoms with E-state index in [4.69, 9.17) is 9.52 Å². The summed E-state index contributed by atoms with van der Waals surface area (Å²) < 4.78 is 5.07. The quantitative estimate of drug-likeness (QED) is 0.668. The van der Waals surface area contributed by atoms with E-state index in [2.05, 4.69) is 12.6 Å². The first-order valence-corrected chi connectivity index (χ1v) is 3.72. The van der Waals surface area contributed by atoms with Crippen LogP contribution < -0.4 is 0 Å². The van der Waals surface area contributed by atoms with Crippen molar-refractivity contribution < 1.29 is 14.3 Å². The van der Waals surface area contributed by atoms with Gasteiger partial charge in [-0.3, -0.25) is 0 Å². The van der Waals surface area contributed by atoms with Crippen LogP contribution in [0.3, 0.4) is 0 Å². The van der Waals surface area contributed by atoms with Crippen LogP contribution in [0, 0.1) is 6.92 Å². The second kappa shape index (κ2) is 3.00. The highest BCUT2D eigenvalue weighted by molar-refractivity contribution is 7.79. The zero-order valence-corrected chi connectivity index (χ0v) is 6.89. The fourth-order valence-electron chi connectivity index (χ4n) is 0.834. The molecule has 0 saturated carbocycles. The molecular weight excluding hydrogens is 164 g/mol. The molecule has 0 aromatic carbocycles. The van der Waals surface area contributed by atoms with Gasteiger partial charge in [0, 0.05) is 5.75 Å². The molecule has 60 valence electrons. The Kier molecular flexibility index (Phi) is 2.24. The topological polar surface area (TPSA) is 50.4 Å². The van der Waals surface area contributed by atoms with Crippen LogP contribution in [0.15, 0.2) is 10.5 Å². The van der Waals surface area contributed by atoms with Gasteiger partial charge in [0.1, 0.15) is 17.1 Å². The molecule has 0 spiro atoms. The maximum atomic E-state index is 10.5. The Bertz CT molecular complexity index is 277. The van der Waals surface area contributed by atoms with Crippen LogP contribution in [0.5, 0.6) is 0 Å². The number of hydrogen-bond acceptors (Lipinski definition) is 3. The van der Waals surface area contributed by atoms with E-state index >= 15 is 0 Å². The molecule has 0 amide bonds. The van der Waals surface area contributed by atoms with Crippen molar-refractivity contribution in [3.63, 3.8) is 0 Å². The van der Waals surface area contributed by atoms with Gasteiger partial charge in [-0.05, 0) is 13.0 Å². The molecule has 4 heteroatoms. The lowest BCUT2D eigenvalue weighted by atomic mass is 10.2. The number of carbonyl (C=O) groups is 1. The fraction of sp³-hybridized carbons (Fsp3) is 0.286. The normalized spacial score (nSPS) is 10.0. The van der Waals surface area contributed by atoms with E-state index in [0.29, 0.717) is 17.3 Å². The summed E-state index contributed by atoms with van der Waals surface area (Å²) in [6.45, 7) is 1.62. The van der Waals surface area contributed by atoms with Crippen LogP contribution in [0.2, 0.25) is 0 Å². The lowest BCUT2D eigenvalue weighted by Gasteiger charge is -1.85. The fourth-order valence-corrected chi connectivity index (χ4v) is 0.990. The third kappa shape index (κ3) is 1.57. The Hall–Kier alpha value is -0.900. The van der Waals surface area contributed by atoms with Crippen LogP contribution in [-0.2, 0) is 5.75 Å². The van der Waals surface area contributed by atoms with Crippen LogP contribution in [0.25, 0.3) is 0 Å². The number of thiol groups is 1. The predicted molar refractivity (Wildman–Crippen MR) is 43.1 cm³/mol. The van der Waals surface area contributed by atoms with E-state index in [0.717, 1.165) is 0 Å². The number of carboxylic acid groups (broad SMARTS) is 1. The number of aryl methyl sites for hydroxylation is 1. The third-order valence-electron chi connectivity index (χ3n) is 1.36. The number of hydrogen-bond donors (Lipinski definition) is 2. The maximum absolute atomic E-state index is 10.5. The van der Waals surface area contributed by atoms with E-state index in [1.54, 1.807) is 6.92 Å². The highest BCUT2D eigenvalue weighted by Crippen LogP contribution is 2.15. The maximum Gasteiger partial charge on any atom is 0.339 e. The summed E-state index contributed by atoms with van der Waals surface area (Å²) in [5.74, 6) is 0.484. The zero-order chi connectivity index (χ0) is 8.43. The van der Waals surface area contributed by atoms with Crippen LogP contribution in [0.4, 0.5) is 0 Å². The molecule has 0 bridgehead atoms. The molecule has 1 N–H and O–H groups in total. The first-order valence-electron chi connectivity index (χ1n) is 3.08. The van der Waals surface area contributed by atoms with Crippen molar-refractivity contribution in [1.29, 1.82) is 0 Å². The van der Waals surface area contributed by atoms with Crippen molar-refractivity contribution in [1.82, 2.24) is 0 Å². The SMILES string of the molecule is Cc1oc(CS)cc1C(=O)O. The van der Waals surface area contributed by atoms with E-state index in [1.165, 1.54) is 6.07 Å². The van der Waals surface area contributed by atoms with Gasteiger partial charge in [0.25, 0.3) is 0 Å². The first kappa shape index (κ1) is 8.20. The minimum atomic E-state index is -0.959. The van der Waals surface area contributed by atoms with E-state index in [-0.39, 0.29) is 5.56 Å². The molecule has 3 nitrogen and oxygen atoms in total. The first-order chi connectivity index (χ1) is 5.15. The van der Waals surface area contributed by atoms with Gasteiger partial charge in [-0.1, -0.05) is 0 Å². The minimum Gasteiger partial charge on any atom is -0.478 e. The molecule has 0 unspecified atom stereocenters. The van der Waals surface area contributed by atoms with Crippen LogP contribution in [0.1, 0.15) is 21.9 Å². The van der Waals surface area contributed by atoms with Crippen molar-refractivity contribution >= 4 is 18.6 Å². The van der Waals surface area contributed by atoms with E-state index < -0.39 is 5.97 Å². The van der Waals surface area contributed by atoms with Crippen molar-refractivity contribution in [3.05, 3.63) is 23.2 Å². The molecule has 1 aromatic rings. The summed E-state index contributed by atoms with van der Waals surface area (Å²) in [5.41, 5.74) is 0.217. The average molecular weight is 172 g/mol. The lowest BCUT2D eigenvalue weighted by molar-refractivity contribution is 0.0695. The molecule has 0 aliphatic rings. The summed E-state index contributed by atoms with van der Waals surface area (Å²) in [4.78, 5) is 10.5. The van der Waals surface area contributed by atoms with Gasteiger partial charge >= 0.3 is 5.97 Å². The molecular formula is C7H8O3S. The molecule has 11 heavy (non-hydrogen) atoms. The Morgan fingerprint density at radius 2 is 2.45 bits per heavy atom. The largest absolute Gasteiger partial charge is 0.478 e. The number of rotatable bonds is 2. The number of aromatic carboxylic acids is 1. The lowest BCUT2D eigenvalue weighted by Crippen LogP contribution is -1.94. The molecule has 0 aliphatic carbocycles. The van der Waals surface area contributed by atoms with E-state index in [9.17, 15) is 4.79 Å².